The minimum Gasteiger partial charge on any atom is -0.447 e. The summed E-state index contributed by atoms with van der Waals surface area (Å²) in [6, 6.07) is 1.94. The number of ether oxygens (including phenoxy) is 1. The fraction of sp³-hybridized carbons (Fsp3) is 0.571. The molecule has 0 bridgehead atoms. The second-order valence-corrected chi connectivity index (χ2v) is 9.26. The number of aromatic amines is 1. The summed E-state index contributed by atoms with van der Waals surface area (Å²) in [5.41, 5.74) is 1.63. The summed E-state index contributed by atoms with van der Waals surface area (Å²) < 4.78 is 7.02. The summed E-state index contributed by atoms with van der Waals surface area (Å²) in [4.78, 5) is 29.6. The smallest absolute Gasteiger partial charge is 0.407 e. The van der Waals surface area contributed by atoms with Crippen LogP contribution in [0, 0.1) is 0 Å². The predicted molar refractivity (Wildman–Crippen MR) is 121 cm³/mol. The maximum absolute atomic E-state index is 12.4. The molecule has 32 heavy (non-hydrogen) atoms. The van der Waals surface area contributed by atoms with Crippen molar-refractivity contribution in [2.24, 2.45) is 0 Å². The molecule has 0 aliphatic heterocycles. The third kappa shape index (κ3) is 5.26. The molecule has 1 aliphatic rings. The first-order valence-electron chi connectivity index (χ1n) is 11.1. The summed E-state index contributed by atoms with van der Waals surface area (Å²) in [7, 11) is 0. The quantitative estimate of drug-likeness (QED) is 0.474. The van der Waals surface area contributed by atoms with Gasteiger partial charge in [-0.15, -0.1) is 0 Å². The monoisotopic (exact) mass is 459 g/mol. The second-order valence-electron chi connectivity index (χ2n) is 8.22. The van der Waals surface area contributed by atoms with Crippen LogP contribution in [0.15, 0.2) is 12.3 Å². The molecular formula is C21H29N7O3S. The molecule has 0 aromatic carbocycles. The van der Waals surface area contributed by atoms with Crippen molar-refractivity contribution in [3.8, 4) is 0 Å². The van der Waals surface area contributed by atoms with Crippen molar-refractivity contribution in [1.82, 2.24) is 30.1 Å². The highest BCUT2D eigenvalue weighted by molar-refractivity contribution is 7.16. The number of rotatable bonds is 8. The summed E-state index contributed by atoms with van der Waals surface area (Å²) in [5, 5.41) is 18.5. The van der Waals surface area contributed by atoms with E-state index in [-0.39, 0.29) is 36.5 Å². The molecule has 3 N–H and O–H groups in total. The number of aromatic nitrogens is 5. The molecule has 3 aromatic rings. The first-order valence-corrected chi connectivity index (χ1v) is 11.9. The number of nitrogens with zero attached hydrogens (tertiary/aromatic N) is 4. The molecule has 4 rings (SSSR count). The van der Waals surface area contributed by atoms with Gasteiger partial charge in [0.05, 0.1) is 18.3 Å². The van der Waals surface area contributed by atoms with Gasteiger partial charge < -0.3 is 15.4 Å². The molecule has 3 unspecified atom stereocenters. The number of nitrogens with one attached hydrogen (secondary N) is 3. The fourth-order valence-electron chi connectivity index (χ4n) is 3.84. The molecule has 172 valence electrons. The third-order valence-electron chi connectivity index (χ3n) is 5.72. The van der Waals surface area contributed by atoms with E-state index in [1.54, 1.807) is 10.7 Å². The van der Waals surface area contributed by atoms with Crippen molar-refractivity contribution >= 4 is 34.1 Å². The number of alkyl carbamates (subject to hydrolysis) is 1. The van der Waals surface area contributed by atoms with Gasteiger partial charge in [0.25, 0.3) is 0 Å². The van der Waals surface area contributed by atoms with Gasteiger partial charge in [0.15, 0.2) is 5.82 Å². The van der Waals surface area contributed by atoms with Gasteiger partial charge in [0.2, 0.25) is 10.9 Å². The number of anilines is 1. The van der Waals surface area contributed by atoms with Crippen molar-refractivity contribution in [1.29, 1.82) is 0 Å². The molecule has 0 saturated heterocycles. The standard InChI is InChI=1S/C21H29N7O3S/c1-4-12(3)31-21(30)23-14-7-6-13(8-14)16-10-17(26-25-16)24-18(29)9-15-11-28-20(22-15)32-19(5-2)27-28/h10-14H,4-9H2,1-3H3,(H,23,30)(H2,24,25,26,29). The number of hydrogen-bond donors (Lipinski definition) is 3. The van der Waals surface area contributed by atoms with Crippen LogP contribution in [-0.4, -0.2) is 48.9 Å². The van der Waals surface area contributed by atoms with Gasteiger partial charge in [-0.2, -0.15) is 10.2 Å². The SMILES string of the molecule is CCc1nn2cc(CC(=O)Nc3cc(C4CCC(NC(=O)OC(C)CC)C4)[nH]n3)nc2s1. The number of imidazole rings is 1. The van der Waals surface area contributed by atoms with E-state index in [2.05, 4.69) is 37.8 Å². The van der Waals surface area contributed by atoms with Crippen LogP contribution in [-0.2, 0) is 22.4 Å². The van der Waals surface area contributed by atoms with Gasteiger partial charge in [-0.05, 0) is 39.0 Å². The van der Waals surface area contributed by atoms with Crippen LogP contribution >= 0.6 is 11.3 Å². The summed E-state index contributed by atoms with van der Waals surface area (Å²) in [5.74, 6) is 0.564. The third-order valence-corrected chi connectivity index (χ3v) is 6.79. The van der Waals surface area contributed by atoms with Gasteiger partial charge >= 0.3 is 6.09 Å². The van der Waals surface area contributed by atoms with Crippen molar-refractivity contribution in [2.45, 2.75) is 77.4 Å². The zero-order valence-electron chi connectivity index (χ0n) is 18.6. The summed E-state index contributed by atoms with van der Waals surface area (Å²) in [6.07, 6.45) is 5.78. The Balaban J connectivity index is 1.27. The van der Waals surface area contributed by atoms with Crippen LogP contribution in [0.3, 0.4) is 0 Å². The van der Waals surface area contributed by atoms with Crippen molar-refractivity contribution in [3.05, 3.63) is 28.7 Å². The number of hydrogen-bond acceptors (Lipinski definition) is 7. The highest BCUT2D eigenvalue weighted by Gasteiger charge is 2.29. The van der Waals surface area contributed by atoms with Crippen LogP contribution in [0.4, 0.5) is 10.6 Å². The molecule has 3 heterocycles. The van der Waals surface area contributed by atoms with E-state index in [0.29, 0.717) is 11.5 Å². The second kappa shape index (κ2) is 9.68. The Morgan fingerprint density at radius 1 is 1.38 bits per heavy atom. The number of fused-ring (bicyclic) bond motifs is 1. The molecular weight excluding hydrogens is 430 g/mol. The Labute approximate surface area is 190 Å². The zero-order valence-corrected chi connectivity index (χ0v) is 19.4. The van der Waals surface area contributed by atoms with Crippen LogP contribution in [0.25, 0.3) is 4.96 Å². The molecule has 0 spiro atoms. The average Bonchev–Trinajstić information content (AvgIpc) is 3.51. The lowest BCUT2D eigenvalue weighted by molar-refractivity contribution is -0.115. The maximum atomic E-state index is 12.4. The average molecular weight is 460 g/mol. The fourth-order valence-corrected chi connectivity index (χ4v) is 4.67. The van der Waals surface area contributed by atoms with E-state index >= 15 is 0 Å². The number of amides is 2. The van der Waals surface area contributed by atoms with Gasteiger partial charge in [0, 0.05) is 23.7 Å². The summed E-state index contributed by atoms with van der Waals surface area (Å²) >= 11 is 1.53. The van der Waals surface area contributed by atoms with Crippen molar-refractivity contribution < 1.29 is 14.3 Å². The molecule has 11 heteroatoms. The molecule has 1 fully saturated rings. The first kappa shape index (κ1) is 22.3. The lowest BCUT2D eigenvalue weighted by atomic mass is 10.0. The van der Waals surface area contributed by atoms with E-state index < -0.39 is 0 Å². The normalized spacial score (nSPS) is 19.2. The zero-order chi connectivity index (χ0) is 22.7. The molecule has 3 atom stereocenters. The molecule has 1 aliphatic carbocycles. The minimum absolute atomic E-state index is 0.0783. The Kier molecular flexibility index (Phi) is 6.73. The van der Waals surface area contributed by atoms with Gasteiger partial charge in [-0.3, -0.25) is 9.89 Å². The van der Waals surface area contributed by atoms with Gasteiger partial charge in [0.1, 0.15) is 11.1 Å². The lowest BCUT2D eigenvalue weighted by Crippen LogP contribution is -2.35. The minimum atomic E-state index is -0.358. The number of carbonyl (C=O) groups excluding carboxylic acids is 2. The highest BCUT2D eigenvalue weighted by atomic mass is 32.1. The van der Waals surface area contributed by atoms with Crippen LogP contribution in [0.2, 0.25) is 0 Å². The summed E-state index contributed by atoms with van der Waals surface area (Å²) in [6.45, 7) is 5.91. The Hall–Kier alpha value is -2.95. The van der Waals surface area contributed by atoms with E-state index in [1.807, 2.05) is 19.9 Å². The van der Waals surface area contributed by atoms with E-state index in [9.17, 15) is 9.59 Å². The van der Waals surface area contributed by atoms with Crippen molar-refractivity contribution in [3.63, 3.8) is 0 Å². The number of carbonyl (C=O) groups is 2. The van der Waals surface area contributed by atoms with Crippen LogP contribution < -0.4 is 10.6 Å². The molecule has 0 radical (unpaired) electrons. The Morgan fingerprint density at radius 2 is 2.22 bits per heavy atom. The molecule has 2 amide bonds. The van der Waals surface area contributed by atoms with E-state index in [1.165, 1.54) is 11.3 Å². The van der Waals surface area contributed by atoms with Crippen LogP contribution in [0.1, 0.15) is 68.8 Å². The van der Waals surface area contributed by atoms with E-state index in [0.717, 1.165) is 47.8 Å². The number of aryl methyl sites for hydroxylation is 1. The van der Waals surface area contributed by atoms with Crippen LogP contribution in [0.5, 0.6) is 0 Å². The Bertz CT molecular complexity index is 1060. The van der Waals surface area contributed by atoms with Crippen molar-refractivity contribution in [2.75, 3.05) is 5.32 Å². The van der Waals surface area contributed by atoms with Gasteiger partial charge in [-0.1, -0.05) is 25.2 Å². The maximum Gasteiger partial charge on any atom is 0.407 e. The number of H-pyrrole nitrogens is 1. The highest BCUT2D eigenvalue weighted by Crippen LogP contribution is 2.34. The molecule has 1 saturated carbocycles. The van der Waals surface area contributed by atoms with Gasteiger partial charge in [-0.25, -0.2) is 14.3 Å². The topological polar surface area (TPSA) is 126 Å². The Morgan fingerprint density at radius 3 is 2.97 bits per heavy atom. The molecule has 3 aromatic heterocycles. The lowest BCUT2D eigenvalue weighted by Gasteiger charge is -2.16. The first-order chi connectivity index (χ1) is 15.4. The largest absolute Gasteiger partial charge is 0.447 e. The predicted octanol–water partition coefficient (Wildman–Crippen LogP) is 3.42. The van der Waals surface area contributed by atoms with E-state index in [4.69, 9.17) is 4.74 Å². The molecule has 10 nitrogen and oxygen atoms in total.